The van der Waals surface area contributed by atoms with Crippen molar-refractivity contribution in [2.24, 2.45) is 0 Å². The molecule has 2 rings (SSSR count). The second-order valence-corrected chi connectivity index (χ2v) is 6.32. The van der Waals surface area contributed by atoms with Crippen molar-refractivity contribution in [2.45, 2.75) is 13.0 Å². The Morgan fingerprint density at radius 3 is 2.52 bits per heavy atom. The van der Waals surface area contributed by atoms with Crippen LogP contribution in [-0.4, -0.2) is 24.9 Å². The van der Waals surface area contributed by atoms with Crippen LogP contribution in [0.3, 0.4) is 0 Å². The summed E-state index contributed by atoms with van der Waals surface area (Å²) >= 11 is 8.74. The van der Waals surface area contributed by atoms with E-state index < -0.39 is 0 Å². The Hall–Kier alpha value is -1.79. The molecule has 0 fully saturated rings. The Morgan fingerprint density at radius 2 is 1.87 bits per heavy atom. The molecule has 1 atom stereocenters. The van der Waals surface area contributed by atoms with Crippen LogP contribution in [0.2, 0.25) is 0 Å². The van der Waals surface area contributed by atoms with Crippen molar-refractivity contribution in [3.05, 3.63) is 53.0 Å². The molecule has 2 aromatic carbocycles. The molecule has 0 unspecified atom stereocenters. The maximum atomic E-state index is 5.72. The molecule has 0 heterocycles. The highest BCUT2D eigenvalue weighted by Gasteiger charge is 2.06. The van der Waals surface area contributed by atoms with Crippen LogP contribution in [0.5, 0.6) is 11.5 Å². The van der Waals surface area contributed by atoms with Crippen molar-refractivity contribution >= 4 is 38.9 Å². The molecule has 0 aliphatic carbocycles. The van der Waals surface area contributed by atoms with E-state index in [4.69, 9.17) is 21.7 Å². The zero-order valence-corrected chi connectivity index (χ0v) is 15.4. The quantitative estimate of drug-likeness (QED) is 0.718. The van der Waals surface area contributed by atoms with Gasteiger partial charge in [-0.15, -0.1) is 0 Å². The van der Waals surface area contributed by atoms with Gasteiger partial charge in [0, 0.05) is 10.2 Å². The number of anilines is 1. The van der Waals surface area contributed by atoms with E-state index in [2.05, 4.69) is 26.6 Å². The monoisotopic (exact) mass is 394 g/mol. The van der Waals surface area contributed by atoms with Gasteiger partial charge in [0.25, 0.3) is 0 Å². The number of hydrogen-bond donors (Lipinski definition) is 2. The van der Waals surface area contributed by atoms with Gasteiger partial charge in [0.05, 0.1) is 13.2 Å². The van der Waals surface area contributed by atoms with Gasteiger partial charge >= 0.3 is 0 Å². The minimum Gasteiger partial charge on any atom is -0.497 e. The number of methoxy groups -OCH3 is 1. The van der Waals surface area contributed by atoms with Gasteiger partial charge < -0.3 is 20.1 Å². The van der Waals surface area contributed by atoms with Crippen LogP contribution >= 0.6 is 28.1 Å². The zero-order valence-electron chi connectivity index (χ0n) is 13.0. The third-order valence-electron chi connectivity index (χ3n) is 3.02. The van der Waals surface area contributed by atoms with Gasteiger partial charge in [0.1, 0.15) is 18.1 Å². The number of nitrogens with one attached hydrogen (secondary N) is 2. The zero-order chi connectivity index (χ0) is 16.7. The summed E-state index contributed by atoms with van der Waals surface area (Å²) in [6.45, 7) is 2.52. The molecular weight excluding hydrogens is 376 g/mol. The summed E-state index contributed by atoms with van der Waals surface area (Å²) in [6, 6.07) is 15.4. The molecule has 2 aromatic rings. The number of benzene rings is 2. The topological polar surface area (TPSA) is 42.5 Å². The number of hydrogen-bond acceptors (Lipinski definition) is 3. The van der Waals surface area contributed by atoms with Crippen molar-refractivity contribution < 1.29 is 9.47 Å². The fraction of sp³-hybridized carbons (Fsp3) is 0.235. The van der Waals surface area contributed by atoms with E-state index >= 15 is 0 Å². The third-order valence-corrected chi connectivity index (χ3v) is 3.73. The molecule has 4 nitrogen and oxygen atoms in total. The largest absolute Gasteiger partial charge is 0.497 e. The fourth-order valence-electron chi connectivity index (χ4n) is 1.89. The van der Waals surface area contributed by atoms with Gasteiger partial charge in [0.15, 0.2) is 5.11 Å². The lowest BCUT2D eigenvalue weighted by Gasteiger charge is -2.18. The molecule has 0 aliphatic rings. The van der Waals surface area contributed by atoms with E-state index in [9.17, 15) is 0 Å². The van der Waals surface area contributed by atoms with E-state index in [1.807, 2.05) is 55.5 Å². The number of thiocarbonyl (C=S) groups is 1. The Kier molecular flexibility index (Phi) is 6.67. The van der Waals surface area contributed by atoms with Gasteiger partial charge in [-0.2, -0.15) is 0 Å². The molecule has 0 aliphatic heterocycles. The van der Waals surface area contributed by atoms with Gasteiger partial charge in [-0.05, 0) is 61.6 Å². The molecule has 0 bridgehead atoms. The van der Waals surface area contributed by atoms with Gasteiger partial charge in [0.2, 0.25) is 0 Å². The first-order valence-corrected chi connectivity index (χ1v) is 8.37. The SMILES string of the molecule is COc1ccc(OC[C@H](C)NC(=S)Nc2cccc(Br)c2)cc1. The van der Waals surface area contributed by atoms with E-state index in [1.165, 1.54) is 0 Å². The first-order chi connectivity index (χ1) is 11.1. The normalized spacial score (nSPS) is 11.4. The second-order valence-electron chi connectivity index (χ2n) is 5.00. The van der Waals surface area contributed by atoms with Crippen LogP contribution < -0.4 is 20.1 Å². The number of rotatable bonds is 6. The fourth-order valence-corrected chi connectivity index (χ4v) is 2.61. The third kappa shape index (κ3) is 6.08. The lowest BCUT2D eigenvalue weighted by Crippen LogP contribution is -2.39. The molecule has 0 radical (unpaired) electrons. The average Bonchev–Trinajstić information content (AvgIpc) is 2.53. The molecule has 2 N–H and O–H groups in total. The molecular formula is C17H19BrN2O2S. The number of ether oxygens (including phenoxy) is 2. The summed E-state index contributed by atoms with van der Waals surface area (Å²) in [4.78, 5) is 0. The minimum absolute atomic E-state index is 0.0734. The molecule has 0 saturated carbocycles. The van der Waals surface area contributed by atoms with Gasteiger partial charge in [-0.1, -0.05) is 22.0 Å². The van der Waals surface area contributed by atoms with E-state index in [0.717, 1.165) is 21.7 Å². The Bertz CT molecular complexity index is 649. The Morgan fingerprint density at radius 1 is 1.17 bits per heavy atom. The molecule has 122 valence electrons. The highest BCUT2D eigenvalue weighted by atomic mass is 79.9. The lowest BCUT2D eigenvalue weighted by molar-refractivity contribution is 0.286. The average molecular weight is 395 g/mol. The van der Waals surface area contributed by atoms with Gasteiger partial charge in [-0.3, -0.25) is 0 Å². The predicted octanol–water partition coefficient (Wildman–Crippen LogP) is 4.21. The molecule has 23 heavy (non-hydrogen) atoms. The molecule has 0 aromatic heterocycles. The van der Waals surface area contributed by atoms with Crippen molar-refractivity contribution in [3.8, 4) is 11.5 Å². The van der Waals surface area contributed by atoms with Crippen molar-refractivity contribution in [1.29, 1.82) is 0 Å². The van der Waals surface area contributed by atoms with Gasteiger partial charge in [-0.25, -0.2) is 0 Å². The Balaban J connectivity index is 1.77. The van der Waals surface area contributed by atoms with Crippen LogP contribution in [-0.2, 0) is 0 Å². The summed E-state index contributed by atoms with van der Waals surface area (Å²) in [5, 5.41) is 6.90. The Labute approximate surface area is 150 Å². The second kappa shape index (κ2) is 8.74. The molecule has 6 heteroatoms. The minimum atomic E-state index is 0.0734. The summed E-state index contributed by atoms with van der Waals surface area (Å²) in [5.74, 6) is 1.60. The van der Waals surface area contributed by atoms with Crippen LogP contribution in [0.25, 0.3) is 0 Å². The van der Waals surface area contributed by atoms with Crippen molar-refractivity contribution in [2.75, 3.05) is 19.0 Å². The first-order valence-electron chi connectivity index (χ1n) is 7.17. The van der Waals surface area contributed by atoms with Crippen molar-refractivity contribution in [3.63, 3.8) is 0 Å². The first kappa shape index (κ1) is 17.6. The van der Waals surface area contributed by atoms with E-state index in [1.54, 1.807) is 7.11 Å². The smallest absolute Gasteiger partial charge is 0.171 e. The highest BCUT2D eigenvalue weighted by molar-refractivity contribution is 9.10. The molecule has 0 spiro atoms. The maximum Gasteiger partial charge on any atom is 0.171 e. The summed E-state index contributed by atoms with van der Waals surface area (Å²) in [5.41, 5.74) is 0.931. The summed E-state index contributed by atoms with van der Waals surface area (Å²) in [7, 11) is 1.64. The standard InChI is InChI=1S/C17H19BrN2O2S/c1-12(11-22-16-8-6-15(21-2)7-9-16)19-17(23)20-14-5-3-4-13(18)10-14/h3-10,12H,11H2,1-2H3,(H2,19,20,23)/t12-/m0/s1. The van der Waals surface area contributed by atoms with E-state index in [-0.39, 0.29) is 6.04 Å². The van der Waals surface area contributed by atoms with Crippen LogP contribution in [0.15, 0.2) is 53.0 Å². The molecule has 0 saturated heterocycles. The molecule has 0 amide bonds. The van der Waals surface area contributed by atoms with Crippen LogP contribution in [0, 0.1) is 0 Å². The summed E-state index contributed by atoms with van der Waals surface area (Å²) in [6.07, 6.45) is 0. The van der Waals surface area contributed by atoms with Crippen LogP contribution in [0.1, 0.15) is 6.92 Å². The highest BCUT2D eigenvalue weighted by Crippen LogP contribution is 2.17. The number of halogens is 1. The maximum absolute atomic E-state index is 5.72. The van der Waals surface area contributed by atoms with Crippen molar-refractivity contribution in [1.82, 2.24) is 5.32 Å². The van der Waals surface area contributed by atoms with Crippen LogP contribution in [0.4, 0.5) is 5.69 Å². The predicted molar refractivity (Wildman–Crippen MR) is 101 cm³/mol. The summed E-state index contributed by atoms with van der Waals surface area (Å²) < 4.78 is 11.8. The lowest BCUT2D eigenvalue weighted by atomic mass is 10.3. The van der Waals surface area contributed by atoms with E-state index in [0.29, 0.717) is 11.7 Å².